The van der Waals surface area contributed by atoms with Crippen molar-refractivity contribution < 1.29 is 33.5 Å². The monoisotopic (exact) mass is 461 g/mol. The Bertz CT molecular complexity index is 1160. The number of hydrogen-bond acceptors (Lipinski definition) is 9. The van der Waals surface area contributed by atoms with E-state index in [9.17, 15) is 24.5 Å². The van der Waals surface area contributed by atoms with Crippen molar-refractivity contribution in [2.75, 3.05) is 0 Å². The number of halogens is 1. The highest BCUT2D eigenvalue weighted by Crippen LogP contribution is 2.37. The summed E-state index contributed by atoms with van der Waals surface area (Å²) in [4.78, 5) is 45.4. The molecule has 1 heterocycles. The Kier molecular flexibility index (Phi) is 6.40. The molecule has 0 unspecified atom stereocenters. The highest BCUT2D eigenvalue weighted by molar-refractivity contribution is 6.31. The summed E-state index contributed by atoms with van der Waals surface area (Å²) in [6.07, 6.45) is -1.17. The molecule has 2 aromatic rings. The van der Waals surface area contributed by atoms with E-state index in [0.717, 1.165) is 5.01 Å². The fourth-order valence-corrected chi connectivity index (χ4v) is 3.05. The molecule has 0 radical (unpaired) electrons. The number of nitro groups is 1. The zero-order valence-electron chi connectivity index (χ0n) is 17.0. The first kappa shape index (κ1) is 22.7. The molecular weight excluding hydrogens is 446 g/mol. The number of hydrazone groups is 1. The second kappa shape index (κ2) is 9.02. The molecule has 166 valence electrons. The molecule has 1 amide bonds. The third kappa shape index (κ3) is 4.83. The zero-order valence-corrected chi connectivity index (χ0v) is 17.8. The van der Waals surface area contributed by atoms with Crippen molar-refractivity contribution in [3.63, 3.8) is 0 Å². The molecular formula is C20H16ClN3O8. The lowest BCUT2D eigenvalue weighted by molar-refractivity contribution is -0.385. The van der Waals surface area contributed by atoms with E-state index in [1.807, 2.05) is 0 Å². The maximum absolute atomic E-state index is 12.2. The smallest absolute Gasteiger partial charge is 0.308 e. The number of esters is 2. The second-order valence-electron chi connectivity index (χ2n) is 6.55. The van der Waals surface area contributed by atoms with Crippen molar-refractivity contribution in [3.8, 4) is 11.5 Å². The van der Waals surface area contributed by atoms with Crippen LogP contribution in [0.4, 0.5) is 5.69 Å². The van der Waals surface area contributed by atoms with Crippen LogP contribution in [0, 0.1) is 10.1 Å². The molecule has 0 saturated heterocycles. The van der Waals surface area contributed by atoms with Crippen molar-refractivity contribution >= 4 is 41.0 Å². The van der Waals surface area contributed by atoms with E-state index in [1.54, 1.807) is 0 Å². The number of carbonyl (C=O) groups excluding carboxylic acids is 3. The van der Waals surface area contributed by atoms with Crippen LogP contribution in [0.5, 0.6) is 11.5 Å². The number of non-ortho nitro benzene ring substituents is 1. The van der Waals surface area contributed by atoms with Gasteiger partial charge < -0.3 is 14.2 Å². The Balaban J connectivity index is 2.01. The van der Waals surface area contributed by atoms with Gasteiger partial charge in [-0.1, -0.05) is 11.6 Å². The minimum absolute atomic E-state index is 0.00301. The summed E-state index contributed by atoms with van der Waals surface area (Å²) in [5.74, 6) is -1.90. The minimum atomic E-state index is -1.17. The van der Waals surface area contributed by atoms with Crippen LogP contribution in [0.2, 0.25) is 5.02 Å². The molecule has 1 aliphatic rings. The number of rotatable bonds is 5. The van der Waals surface area contributed by atoms with E-state index in [1.165, 1.54) is 57.2 Å². The molecule has 0 fully saturated rings. The molecule has 1 aliphatic heterocycles. The van der Waals surface area contributed by atoms with Crippen LogP contribution in [0.1, 0.15) is 38.1 Å². The van der Waals surface area contributed by atoms with Crippen LogP contribution in [0.15, 0.2) is 41.5 Å². The number of carbonyl (C=O) groups is 3. The molecule has 0 aromatic heterocycles. The lowest BCUT2D eigenvalue weighted by Gasteiger charge is -2.20. The van der Waals surface area contributed by atoms with Gasteiger partial charge in [-0.25, -0.2) is 0 Å². The fraction of sp³-hybridized carbons (Fsp3) is 0.200. The molecule has 12 heteroatoms. The van der Waals surface area contributed by atoms with E-state index in [2.05, 4.69) is 5.10 Å². The van der Waals surface area contributed by atoms with Crippen LogP contribution in [-0.4, -0.2) is 33.7 Å². The van der Waals surface area contributed by atoms with E-state index < -0.39 is 29.0 Å². The summed E-state index contributed by atoms with van der Waals surface area (Å²) < 4.78 is 15.9. The Hall–Kier alpha value is -3.99. The number of nitro benzene ring substituents is 1. The highest BCUT2D eigenvalue weighted by atomic mass is 35.5. The molecule has 32 heavy (non-hydrogen) atoms. The summed E-state index contributed by atoms with van der Waals surface area (Å²) in [7, 11) is 0. The fourth-order valence-electron chi connectivity index (χ4n) is 2.83. The average molecular weight is 462 g/mol. The lowest BCUT2D eigenvalue weighted by Crippen LogP contribution is -2.25. The van der Waals surface area contributed by atoms with Crippen molar-refractivity contribution in [2.24, 2.45) is 5.10 Å². The number of benzene rings is 2. The quantitative estimate of drug-likeness (QED) is 0.286. The van der Waals surface area contributed by atoms with Crippen LogP contribution >= 0.6 is 11.6 Å². The Morgan fingerprint density at radius 2 is 1.72 bits per heavy atom. The first-order valence-electron chi connectivity index (χ1n) is 9.07. The molecule has 1 atom stereocenters. The predicted molar refractivity (Wildman–Crippen MR) is 110 cm³/mol. The van der Waals surface area contributed by atoms with Gasteiger partial charge in [0.25, 0.3) is 5.69 Å². The second-order valence-corrected chi connectivity index (χ2v) is 6.96. The molecule has 0 spiro atoms. The Morgan fingerprint density at radius 1 is 1.06 bits per heavy atom. The highest BCUT2D eigenvalue weighted by Gasteiger charge is 2.35. The van der Waals surface area contributed by atoms with Crippen LogP contribution in [-0.2, 0) is 19.1 Å². The number of amides is 1. The first-order valence-corrected chi connectivity index (χ1v) is 9.44. The van der Waals surface area contributed by atoms with Gasteiger partial charge in [0.2, 0.25) is 18.0 Å². The molecule has 3 rings (SSSR count). The summed E-state index contributed by atoms with van der Waals surface area (Å²) in [6, 6.07) is 7.91. The van der Waals surface area contributed by atoms with Crippen LogP contribution in [0.3, 0.4) is 0 Å². The van der Waals surface area contributed by atoms with Gasteiger partial charge in [0.1, 0.15) is 0 Å². The number of nitrogens with zero attached hydrogens (tertiary/aromatic N) is 3. The van der Waals surface area contributed by atoms with Gasteiger partial charge in [-0.05, 0) is 24.3 Å². The topological polar surface area (TPSA) is 138 Å². The summed E-state index contributed by atoms with van der Waals surface area (Å²) in [5.41, 5.74) is 0.201. The van der Waals surface area contributed by atoms with Gasteiger partial charge in [0, 0.05) is 49.1 Å². The minimum Gasteiger partial charge on any atom is -0.446 e. The maximum atomic E-state index is 12.2. The van der Waals surface area contributed by atoms with E-state index >= 15 is 0 Å². The van der Waals surface area contributed by atoms with Crippen LogP contribution in [0.25, 0.3) is 0 Å². The summed E-state index contributed by atoms with van der Waals surface area (Å²) in [5, 5.41) is 16.4. The standard InChI is InChI=1S/C20H16ClN3O8/c1-10(25)23-20(15-9-14(24(28)29)5-6-16(15)21)32-19(22-23)13-4-7-17(30-11(2)26)18(8-13)31-12(3)27/h4-9,20H,1-3H3/t20-/m0/s1. The third-order valence-corrected chi connectivity index (χ3v) is 4.47. The maximum Gasteiger partial charge on any atom is 0.308 e. The van der Waals surface area contributed by atoms with Crippen molar-refractivity contribution in [1.82, 2.24) is 5.01 Å². The van der Waals surface area contributed by atoms with Gasteiger partial charge in [-0.3, -0.25) is 24.5 Å². The van der Waals surface area contributed by atoms with Gasteiger partial charge >= 0.3 is 11.9 Å². The van der Waals surface area contributed by atoms with Gasteiger partial charge in [-0.2, -0.15) is 5.01 Å². The molecule has 0 aliphatic carbocycles. The van der Waals surface area contributed by atoms with E-state index in [4.69, 9.17) is 25.8 Å². The third-order valence-electron chi connectivity index (χ3n) is 4.12. The Labute approximate surface area is 186 Å². The van der Waals surface area contributed by atoms with E-state index in [0.29, 0.717) is 0 Å². The van der Waals surface area contributed by atoms with Crippen LogP contribution < -0.4 is 9.47 Å². The van der Waals surface area contributed by atoms with Crippen molar-refractivity contribution in [2.45, 2.75) is 27.0 Å². The van der Waals surface area contributed by atoms with E-state index in [-0.39, 0.29) is 39.2 Å². The lowest BCUT2D eigenvalue weighted by atomic mass is 10.1. The van der Waals surface area contributed by atoms with Gasteiger partial charge in [0.15, 0.2) is 11.5 Å². The van der Waals surface area contributed by atoms with Gasteiger partial charge in [0.05, 0.1) is 4.92 Å². The van der Waals surface area contributed by atoms with Crippen molar-refractivity contribution in [1.29, 1.82) is 0 Å². The first-order chi connectivity index (χ1) is 15.1. The summed E-state index contributed by atoms with van der Waals surface area (Å²) >= 11 is 6.20. The normalized spacial score (nSPS) is 14.9. The zero-order chi connectivity index (χ0) is 23.6. The largest absolute Gasteiger partial charge is 0.446 e. The SMILES string of the molecule is CC(=O)Oc1ccc(C2=NN(C(C)=O)[C@H](c3cc([N+](=O)[O-])ccc3Cl)O2)cc1OC(C)=O. The predicted octanol–water partition coefficient (Wildman–Crippen LogP) is 3.34. The molecule has 11 nitrogen and oxygen atoms in total. The van der Waals surface area contributed by atoms with Gasteiger partial charge in [-0.15, -0.1) is 5.10 Å². The van der Waals surface area contributed by atoms with Crippen molar-refractivity contribution in [3.05, 3.63) is 62.7 Å². The molecule has 0 N–H and O–H groups in total. The molecule has 0 saturated carbocycles. The average Bonchev–Trinajstić information content (AvgIpc) is 3.14. The summed E-state index contributed by atoms with van der Waals surface area (Å²) in [6.45, 7) is 3.60. The Morgan fingerprint density at radius 3 is 2.31 bits per heavy atom. The number of hydrogen-bond donors (Lipinski definition) is 0. The number of ether oxygens (including phenoxy) is 3. The molecule has 2 aromatic carbocycles. The molecule has 0 bridgehead atoms.